The molecule has 1 rings (SSSR count). The lowest BCUT2D eigenvalue weighted by atomic mass is 10.1. The van der Waals surface area contributed by atoms with Crippen molar-refractivity contribution in [3.05, 3.63) is 36.2 Å². The number of rotatable bonds is 1. The van der Waals surface area contributed by atoms with E-state index in [4.69, 9.17) is 5.73 Å². The van der Waals surface area contributed by atoms with Gasteiger partial charge in [-0.2, -0.15) is 13.2 Å². The van der Waals surface area contributed by atoms with E-state index in [-0.39, 0.29) is 6.04 Å². The van der Waals surface area contributed by atoms with Crippen molar-refractivity contribution in [1.82, 2.24) is 5.32 Å². The monoisotopic (exact) mass is 221 g/mol. The van der Waals surface area contributed by atoms with Crippen LogP contribution in [0.4, 0.5) is 13.2 Å². The van der Waals surface area contributed by atoms with Crippen LogP contribution in [0.5, 0.6) is 0 Å². The molecular formula is C9H14F3N3. The van der Waals surface area contributed by atoms with Gasteiger partial charge in [0.15, 0.2) is 0 Å². The third-order valence-electron chi connectivity index (χ3n) is 1.48. The van der Waals surface area contributed by atoms with Crippen LogP contribution in [0.15, 0.2) is 36.2 Å². The van der Waals surface area contributed by atoms with E-state index in [0.29, 0.717) is 0 Å². The Balaban J connectivity index is 0.000000336. The van der Waals surface area contributed by atoms with Crippen LogP contribution in [-0.4, -0.2) is 12.3 Å². The quantitative estimate of drug-likeness (QED) is 0.586. The van der Waals surface area contributed by atoms with Crippen molar-refractivity contribution in [3.8, 4) is 0 Å². The first-order valence-corrected chi connectivity index (χ1v) is 4.21. The molecule has 1 heterocycles. The highest BCUT2D eigenvalue weighted by atomic mass is 19.4. The molecule has 0 aliphatic carbocycles. The highest BCUT2D eigenvalue weighted by molar-refractivity contribution is 5.22. The van der Waals surface area contributed by atoms with E-state index in [1.807, 2.05) is 37.4 Å². The molecule has 0 aromatic carbocycles. The van der Waals surface area contributed by atoms with E-state index in [1.54, 1.807) is 0 Å². The average molecular weight is 221 g/mol. The van der Waals surface area contributed by atoms with Crippen LogP contribution in [0, 0.1) is 0 Å². The zero-order valence-corrected chi connectivity index (χ0v) is 8.25. The summed E-state index contributed by atoms with van der Waals surface area (Å²) in [6.45, 7) is 1.93. The fourth-order valence-electron chi connectivity index (χ4n) is 0.832. The SMILES string of the molecule is C/C=C(\N)C1C=CC=CN1.NC(F)(F)F. The topological polar surface area (TPSA) is 64.1 Å². The summed E-state index contributed by atoms with van der Waals surface area (Å²) in [5.74, 6) is 0. The van der Waals surface area contributed by atoms with Crippen LogP contribution in [0.1, 0.15) is 6.92 Å². The first-order valence-electron chi connectivity index (χ1n) is 4.21. The van der Waals surface area contributed by atoms with Crippen molar-refractivity contribution in [2.45, 2.75) is 19.3 Å². The average Bonchev–Trinajstić information content (AvgIpc) is 2.15. The third kappa shape index (κ3) is 8.89. The predicted octanol–water partition coefficient (Wildman–Crippen LogP) is 1.36. The maximum atomic E-state index is 10.1. The normalized spacial score (nSPS) is 20.3. The number of dihydropyridines is 1. The molecule has 1 aliphatic heterocycles. The number of nitrogens with two attached hydrogens (primary N) is 2. The molecule has 1 unspecified atom stereocenters. The Kier molecular flexibility index (Phi) is 5.54. The van der Waals surface area contributed by atoms with Crippen LogP contribution >= 0.6 is 0 Å². The van der Waals surface area contributed by atoms with Gasteiger partial charge in [0.05, 0.1) is 6.04 Å². The Hall–Kier alpha value is -1.43. The minimum Gasteiger partial charge on any atom is -0.400 e. The molecule has 15 heavy (non-hydrogen) atoms. The summed E-state index contributed by atoms with van der Waals surface area (Å²) in [6, 6.07) is 0.190. The molecule has 1 aliphatic rings. The largest absolute Gasteiger partial charge is 0.454 e. The summed E-state index contributed by atoms with van der Waals surface area (Å²) in [6.07, 6.45) is 5.24. The summed E-state index contributed by atoms with van der Waals surface area (Å²) < 4.78 is 30.4. The molecule has 3 nitrogen and oxygen atoms in total. The minimum atomic E-state index is -4.50. The van der Waals surface area contributed by atoms with Crippen molar-refractivity contribution < 1.29 is 13.2 Å². The fourth-order valence-corrected chi connectivity index (χ4v) is 0.832. The zero-order valence-electron chi connectivity index (χ0n) is 8.25. The summed E-state index contributed by atoms with van der Waals surface area (Å²) in [5, 5.41) is 3.11. The van der Waals surface area contributed by atoms with Crippen molar-refractivity contribution in [2.75, 3.05) is 0 Å². The van der Waals surface area contributed by atoms with Crippen molar-refractivity contribution in [3.63, 3.8) is 0 Å². The van der Waals surface area contributed by atoms with Crippen LogP contribution in [-0.2, 0) is 0 Å². The Morgan fingerprint density at radius 1 is 1.40 bits per heavy atom. The highest BCUT2D eigenvalue weighted by Gasteiger charge is 2.17. The van der Waals surface area contributed by atoms with Gasteiger partial charge in [0.2, 0.25) is 0 Å². The molecule has 0 fully saturated rings. The summed E-state index contributed by atoms with van der Waals surface area (Å²) in [7, 11) is 0. The van der Waals surface area contributed by atoms with E-state index >= 15 is 0 Å². The zero-order chi connectivity index (χ0) is 11.9. The molecule has 0 bridgehead atoms. The Bertz CT molecular complexity index is 260. The number of hydrogen-bond acceptors (Lipinski definition) is 3. The fraction of sp³-hybridized carbons (Fsp3) is 0.333. The van der Waals surface area contributed by atoms with Gasteiger partial charge in [-0.3, -0.25) is 0 Å². The van der Waals surface area contributed by atoms with Gasteiger partial charge < -0.3 is 11.1 Å². The number of allylic oxidation sites excluding steroid dienone is 3. The van der Waals surface area contributed by atoms with Crippen molar-refractivity contribution in [2.24, 2.45) is 11.5 Å². The molecule has 0 spiro atoms. The molecule has 0 saturated carbocycles. The standard InChI is InChI=1S/C8H12N2.CH2F3N/c1-2-7(9)8-5-3-4-6-10-8;2-1(3,4)5/h2-6,8,10H,9H2,1H3;5H2/b7-2-;. The summed E-state index contributed by atoms with van der Waals surface area (Å²) >= 11 is 0. The van der Waals surface area contributed by atoms with Crippen LogP contribution in [0.2, 0.25) is 0 Å². The lowest BCUT2D eigenvalue weighted by Gasteiger charge is -2.15. The molecular weight excluding hydrogens is 207 g/mol. The molecule has 6 heteroatoms. The Morgan fingerprint density at radius 2 is 1.93 bits per heavy atom. The van der Waals surface area contributed by atoms with E-state index < -0.39 is 6.30 Å². The Labute approximate surface area is 86.3 Å². The minimum absolute atomic E-state index is 0.190. The first kappa shape index (κ1) is 13.6. The first-order chi connectivity index (χ1) is 6.84. The van der Waals surface area contributed by atoms with E-state index in [2.05, 4.69) is 11.1 Å². The summed E-state index contributed by atoms with van der Waals surface area (Å²) in [5.41, 5.74) is 9.88. The van der Waals surface area contributed by atoms with Gasteiger partial charge in [-0.25, -0.2) is 5.73 Å². The van der Waals surface area contributed by atoms with E-state index in [0.717, 1.165) is 5.70 Å². The molecule has 86 valence electrons. The molecule has 0 aromatic rings. The van der Waals surface area contributed by atoms with E-state index in [9.17, 15) is 13.2 Å². The number of nitrogens with one attached hydrogen (secondary N) is 1. The van der Waals surface area contributed by atoms with Gasteiger partial charge in [0.25, 0.3) is 0 Å². The van der Waals surface area contributed by atoms with Gasteiger partial charge in [-0.15, -0.1) is 0 Å². The molecule has 0 amide bonds. The Morgan fingerprint density at radius 3 is 2.27 bits per heavy atom. The van der Waals surface area contributed by atoms with Gasteiger partial charge in [0.1, 0.15) is 0 Å². The molecule has 0 saturated heterocycles. The second-order valence-corrected chi connectivity index (χ2v) is 2.72. The molecule has 1 atom stereocenters. The van der Waals surface area contributed by atoms with Gasteiger partial charge in [-0.05, 0) is 19.2 Å². The number of hydrogen-bond donors (Lipinski definition) is 3. The van der Waals surface area contributed by atoms with Crippen LogP contribution < -0.4 is 16.8 Å². The molecule has 0 aromatic heterocycles. The van der Waals surface area contributed by atoms with Crippen LogP contribution in [0.25, 0.3) is 0 Å². The smallest absolute Gasteiger partial charge is 0.400 e. The maximum absolute atomic E-state index is 10.1. The maximum Gasteiger partial charge on any atom is 0.454 e. The second kappa shape index (κ2) is 6.13. The predicted molar refractivity (Wildman–Crippen MR) is 53.4 cm³/mol. The highest BCUT2D eigenvalue weighted by Crippen LogP contribution is 2.02. The summed E-state index contributed by atoms with van der Waals surface area (Å²) in [4.78, 5) is 0. The lowest BCUT2D eigenvalue weighted by molar-refractivity contribution is -0.122. The third-order valence-corrected chi connectivity index (χ3v) is 1.48. The van der Waals surface area contributed by atoms with Crippen LogP contribution in [0.3, 0.4) is 0 Å². The molecule has 5 N–H and O–H groups in total. The number of alkyl halides is 3. The number of halogens is 3. The molecule has 0 radical (unpaired) electrons. The van der Waals surface area contributed by atoms with Crippen molar-refractivity contribution >= 4 is 0 Å². The lowest BCUT2D eigenvalue weighted by Crippen LogP contribution is -2.29. The second-order valence-electron chi connectivity index (χ2n) is 2.72. The van der Waals surface area contributed by atoms with Gasteiger partial charge >= 0.3 is 6.30 Å². The van der Waals surface area contributed by atoms with Crippen molar-refractivity contribution in [1.29, 1.82) is 0 Å². The van der Waals surface area contributed by atoms with Gasteiger partial charge in [0, 0.05) is 5.70 Å². The van der Waals surface area contributed by atoms with Gasteiger partial charge in [-0.1, -0.05) is 18.2 Å². The van der Waals surface area contributed by atoms with E-state index in [1.165, 1.54) is 0 Å².